The number of carbonyl (C=O) groups excluding carboxylic acids is 3. The van der Waals surface area contributed by atoms with Crippen LogP contribution in [0, 0.1) is 0 Å². The Bertz CT molecular complexity index is 771. The quantitative estimate of drug-likeness (QED) is 0.490. The number of hydrogen-bond donors (Lipinski definition) is 1. The van der Waals surface area contributed by atoms with Crippen LogP contribution in [0.5, 0.6) is 0 Å². The molecule has 1 aromatic rings. The van der Waals surface area contributed by atoms with Crippen LogP contribution < -0.4 is 24.3 Å². The molecular formula is C13H12ClLiN4O4. The van der Waals surface area contributed by atoms with Crippen molar-refractivity contribution in [2.45, 2.75) is 0 Å². The second-order valence-electron chi connectivity index (χ2n) is 4.73. The molecule has 1 aliphatic rings. The van der Waals surface area contributed by atoms with Gasteiger partial charge in [-0.15, -0.1) is 0 Å². The van der Waals surface area contributed by atoms with Gasteiger partial charge < -0.3 is 15.2 Å². The van der Waals surface area contributed by atoms with Crippen molar-refractivity contribution in [2.24, 2.45) is 0 Å². The van der Waals surface area contributed by atoms with E-state index in [1.54, 1.807) is 0 Å². The van der Waals surface area contributed by atoms with Crippen LogP contribution in [0.1, 0.15) is 10.4 Å². The maximum Gasteiger partial charge on any atom is 1.00 e. The monoisotopic (exact) mass is 330 g/mol. The number of amides is 3. The molecule has 0 aromatic carbocycles. The standard InChI is InChI=1S/C13H13ClN4O4.Li/c1-17(2)11(20)6-4-15-5-7(10(6)19)16-9-8(14)12(21)18(3)13(9)22;/h4-5H,1-3H3,(H2,15,16,19,20,21,22);/q;+1/p-1. The van der Waals surface area contributed by atoms with E-state index in [-0.39, 0.29) is 40.8 Å². The molecule has 1 aromatic heterocycles. The number of H-pyrrole nitrogens is 1. The van der Waals surface area contributed by atoms with Gasteiger partial charge in [0.2, 0.25) is 5.91 Å². The SMILES string of the molecule is CN(C)C(=O)c1c[nH]cc([N-]C2=C(Cl)C(=O)N(C)C2=O)c1=O.[Li+]. The first-order valence-corrected chi connectivity index (χ1v) is 6.50. The zero-order chi connectivity index (χ0) is 16.6. The summed E-state index contributed by atoms with van der Waals surface area (Å²) in [5.41, 5.74) is -1.30. The topological polar surface area (TPSA) is 105 Å². The minimum Gasteiger partial charge on any atom is -0.648 e. The average molecular weight is 331 g/mol. The van der Waals surface area contributed by atoms with Gasteiger partial charge in [0.05, 0.1) is 5.03 Å². The number of nitrogens with one attached hydrogen (secondary N) is 1. The molecule has 0 atom stereocenters. The van der Waals surface area contributed by atoms with E-state index >= 15 is 0 Å². The number of imide groups is 1. The molecule has 2 rings (SSSR count). The molecule has 0 fully saturated rings. The van der Waals surface area contributed by atoms with E-state index in [2.05, 4.69) is 10.3 Å². The summed E-state index contributed by atoms with van der Waals surface area (Å²) in [5.74, 6) is -1.91. The van der Waals surface area contributed by atoms with Crippen molar-refractivity contribution < 1.29 is 33.2 Å². The number of nitrogens with zero attached hydrogens (tertiary/aromatic N) is 3. The third-order valence-electron chi connectivity index (χ3n) is 3.00. The number of pyridine rings is 1. The van der Waals surface area contributed by atoms with Crippen LogP contribution in [0.3, 0.4) is 0 Å². The summed E-state index contributed by atoms with van der Waals surface area (Å²) in [5, 5.41) is 3.48. The Morgan fingerprint density at radius 2 is 1.83 bits per heavy atom. The van der Waals surface area contributed by atoms with Gasteiger partial charge in [-0.05, 0) is 11.9 Å². The van der Waals surface area contributed by atoms with Gasteiger partial charge >= 0.3 is 18.9 Å². The molecule has 0 unspecified atom stereocenters. The van der Waals surface area contributed by atoms with Gasteiger partial charge in [-0.25, -0.2) is 0 Å². The molecule has 23 heavy (non-hydrogen) atoms. The molecule has 3 amide bonds. The normalized spacial score (nSPS) is 14.0. The van der Waals surface area contributed by atoms with E-state index in [0.29, 0.717) is 0 Å². The first kappa shape index (κ1) is 19.0. The number of hydrogen-bond acceptors (Lipinski definition) is 4. The minimum atomic E-state index is -0.710. The minimum absolute atomic E-state index is 0. The van der Waals surface area contributed by atoms with Gasteiger partial charge in [-0.1, -0.05) is 17.3 Å². The van der Waals surface area contributed by atoms with Gasteiger partial charge in [0.25, 0.3) is 11.8 Å². The summed E-state index contributed by atoms with van der Waals surface area (Å²) in [6, 6.07) is 0. The predicted octanol–water partition coefficient (Wildman–Crippen LogP) is -2.47. The molecule has 0 saturated carbocycles. The van der Waals surface area contributed by atoms with Crippen LogP contribution in [0.15, 0.2) is 27.9 Å². The van der Waals surface area contributed by atoms with Gasteiger partial charge in [-0.3, -0.25) is 24.1 Å². The molecule has 116 valence electrons. The van der Waals surface area contributed by atoms with Crippen LogP contribution in [0.2, 0.25) is 0 Å². The Morgan fingerprint density at radius 3 is 2.30 bits per heavy atom. The van der Waals surface area contributed by atoms with Gasteiger partial charge in [0.1, 0.15) is 5.56 Å². The molecule has 0 aliphatic carbocycles. The fraction of sp³-hybridized carbons (Fsp3) is 0.231. The van der Waals surface area contributed by atoms with Crippen molar-refractivity contribution in [3.8, 4) is 0 Å². The number of rotatable bonds is 3. The smallest absolute Gasteiger partial charge is 0.648 e. The summed E-state index contributed by atoms with van der Waals surface area (Å²) in [7, 11) is 4.25. The predicted molar refractivity (Wildman–Crippen MR) is 78.8 cm³/mol. The van der Waals surface area contributed by atoms with E-state index in [9.17, 15) is 19.2 Å². The first-order chi connectivity index (χ1) is 10.3. The van der Waals surface area contributed by atoms with Crippen molar-refractivity contribution in [3.63, 3.8) is 0 Å². The Balaban J connectivity index is 0.00000264. The van der Waals surface area contributed by atoms with Crippen molar-refractivity contribution in [3.05, 3.63) is 44.2 Å². The number of carbonyl (C=O) groups is 3. The Labute approximate surface area is 148 Å². The Hall–Kier alpha value is -2.01. The summed E-state index contributed by atoms with van der Waals surface area (Å²) < 4.78 is 0. The fourth-order valence-electron chi connectivity index (χ4n) is 1.77. The molecule has 0 spiro atoms. The van der Waals surface area contributed by atoms with Crippen molar-refractivity contribution >= 4 is 35.0 Å². The largest absolute Gasteiger partial charge is 1.00 e. The average Bonchev–Trinajstić information content (AvgIpc) is 2.66. The molecule has 1 aliphatic heterocycles. The van der Waals surface area contributed by atoms with E-state index in [4.69, 9.17) is 11.6 Å². The summed E-state index contributed by atoms with van der Waals surface area (Å²) >= 11 is 5.76. The van der Waals surface area contributed by atoms with Crippen molar-refractivity contribution in [2.75, 3.05) is 21.1 Å². The zero-order valence-corrected chi connectivity index (χ0v) is 13.8. The van der Waals surface area contributed by atoms with Crippen molar-refractivity contribution in [1.82, 2.24) is 14.8 Å². The van der Waals surface area contributed by atoms with Gasteiger partial charge in [0.15, 0.2) is 5.43 Å². The molecule has 2 heterocycles. The van der Waals surface area contributed by atoms with Crippen LogP contribution in [-0.2, 0) is 9.59 Å². The Morgan fingerprint density at radius 1 is 1.22 bits per heavy atom. The van der Waals surface area contributed by atoms with Crippen LogP contribution in [-0.4, -0.2) is 53.6 Å². The number of aromatic nitrogens is 1. The van der Waals surface area contributed by atoms with Crippen molar-refractivity contribution in [1.29, 1.82) is 0 Å². The molecule has 1 N–H and O–H groups in total. The van der Waals surface area contributed by atoms with E-state index in [1.165, 1.54) is 38.4 Å². The number of aromatic amines is 1. The summed E-state index contributed by atoms with van der Waals surface area (Å²) in [6.45, 7) is 0. The molecule has 8 nitrogen and oxygen atoms in total. The maximum absolute atomic E-state index is 12.2. The molecule has 0 bridgehead atoms. The molecular weight excluding hydrogens is 319 g/mol. The van der Waals surface area contributed by atoms with Crippen LogP contribution in [0.25, 0.3) is 5.32 Å². The number of halogens is 1. The second kappa shape index (κ2) is 7.04. The third kappa shape index (κ3) is 3.34. The van der Waals surface area contributed by atoms with E-state index < -0.39 is 23.2 Å². The summed E-state index contributed by atoms with van der Waals surface area (Å²) in [4.78, 5) is 52.2. The number of likely N-dealkylation sites (N-methyl/N-ethyl adjacent to an activating group) is 1. The second-order valence-corrected chi connectivity index (χ2v) is 5.10. The van der Waals surface area contributed by atoms with E-state index in [1.807, 2.05) is 0 Å². The first-order valence-electron chi connectivity index (χ1n) is 6.12. The van der Waals surface area contributed by atoms with E-state index in [0.717, 1.165) is 4.90 Å². The zero-order valence-electron chi connectivity index (χ0n) is 13.0. The molecule has 10 heteroatoms. The van der Waals surface area contributed by atoms with Gasteiger partial charge in [-0.2, -0.15) is 0 Å². The van der Waals surface area contributed by atoms with Crippen LogP contribution >= 0.6 is 11.6 Å². The molecule has 0 saturated heterocycles. The Kier molecular flexibility index (Phi) is 5.83. The molecule has 0 radical (unpaired) electrons. The van der Waals surface area contributed by atoms with Crippen LogP contribution in [0.4, 0.5) is 5.69 Å². The van der Waals surface area contributed by atoms with Gasteiger partial charge in [0, 0.05) is 27.3 Å². The summed E-state index contributed by atoms with van der Waals surface area (Å²) in [6.07, 6.45) is 2.47. The maximum atomic E-state index is 12.2. The third-order valence-corrected chi connectivity index (χ3v) is 3.34. The fourth-order valence-corrected chi connectivity index (χ4v) is 2.02.